The average Bonchev–Trinajstić information content (AvgIpc) is 3.39. The summed E-state index contributed by atoms with van der Waals surface area (Å²) in [7, 11) is 1.62. The fourth-order valence-corrected chi connectivity index (χ4v) is 5.80. The second-order valence-electron chi connectivity index (χ2n) is 9.10. The van der Waals surface area contributed by atoms with Crippen molar-refractivity contribution in [1.82, 2.24) is 19.4 Å². The lowest BCUT2D eigenvalue weighted by Gasteiger charge is -2.43. The van der Waals surface area contributed by atoms with Crippen LogP contribution in [-0.2, 0) is 17.8 Å². The van der Waals surface area contributed by atoms with Crippen LogP contribution in [-0.4, -0.2) is 64.9 Å². The molecule has 0 spiro atoms. The van der Waals surface area contributed by atoms with Crippen LogP contribution in [0.4, 0.5) is 5.82 Å². The number of morpholine rings is 1. The molecule has 0 saturated carbocycles. The van der Waals surface area contributed by atoms with Crippen molar-refractivity contribution in [2.24, 2.45) is 5.92 Å². The Kier molecular flexibility index (Phi) is 4.31. The summed E-state index contributed by atoms with van der Waals surface area (Å²) < 4.78 is 13.0. The summed E-state index contributed by atoms with van der Waals surface area (Å²) in [6.45, 7) is 5.06. The third-order valence-corrected chi connectivity index (χ3v) is 7.23. The number of hydrogen-bond acceptors (Lipinski definition) is 7. The van der Waals surface area contributed by atoms with E-state index in [9.17, 15) is 4.79 Å². The molecule has 2 aromatic heterocycles. The molecule has 8 heteroatoms. The van der Waals surface area contributed by atoms with Crippen molar-refractivity contribution in [3.8, 4) is 5.88 Å². The van der Waals surface area contributed by atoms with E-state index < -0.39 is 0 Å². The van der Waals surface area contributed by atoms with Crippen LogP contribution < -0.4 is 15.2 Å². The number of ether oxygens (including phenoxy) is 2. The van der Waals surface area contributed by atoms with Crippen LogP contribution >= 0.6 is 0 Å². The summed E-state index contributed by atoms with van der Waals surface area (Å²) >= 11 is 0. The van der Waals surface area contributed by atoms with Gasteiger partial charge in [0.15, 0.2) is 0 Å². The molecule has 30 heavy (non-hydrogen) atoms. The first-order valence-corrected chi connectivity index (χ1v) is 10.9. The zero-order valence-electron chi connectivity index (χ0n) is 17.2. The molecular formula is C22H27N5O3. The number of rotatable bonds is 4. The van der Waals surface area contributed by atoms with Gasteiger partial charge in [-0.05, 0) is 24.8 Å². The molecule has 0 radical (unpaired) electrons. The monoisotopic (exact) mass is 409 g/mol. The second kappa shape index (κ2) is 7.06. The third kappa shape index (κ3) is 3.01. The topological polar surface area (TPSA) is 72.7 Å². The average molecular weight is 409 g/mol. The maximum Gasteiger partial charge on any atom is 0.255 e. The van der Waals surface area contributed by atoms with E-state index in [0.717, 1.165) is 69.2 Å². The number of piperidine rings is 1. The molecule has 4 aliphatic rings. The van der Waals surface area contributed by atoms with Gasteiger partial charge >= 0.3 is 0 Å². The Morgan fingerprint density at radius 3 is 2.90 bits per heavy atom. The number of pyridine rings is 1. The standard InChI is InChI=1S/C22H27N5O3/c1-29-21-6-20(23-13-24-21)26-7-14-4-16(10-26)19-3-2-15(22(28)27(19)8-14)9-25-11-18-5-17(25)12-30-18/h2-3,6,13-14,16-18H,4-5,7-12H2,1H3/t14-,16+,17+,18+/m0/s1. The molecule has 0 N–H and O–H groups in total. The number of nitrogens with zero attached hydrogens (tertiary/aromatic N) is 5. The highest BCUT2D eigenvalue weighted by atomic mass is 16.5. The lowest BCUT2D eigenvalue weighted by atomic mass is 9.83. The van der Waals surface area contributed by atoms with Gasteiger partial charge in [-0.1, -0.05) is 6.07 Å². The molecule has 6 heterocycles. The van der Waals surface area contributed by atoms with Crippen molar-refractivity contribution in [3.05, 3.63) is 46.1 Å². The highest BCUT2D eigenvalue weighted by Crippen LogP contribution is 2.37. The maximum atomic E-state index is 13.3. The van der Waals surface area contributed by atoms with Crippen molar-refractivity contribution in [3.63, 3.8) is 0 Å². The molecule has 0 amide bonds. The first kappa shape index (κ1) is 18.3. The van der Waals surface area contributed by atoms with Gasteiger partial charge in [0.05, 0.1) is 19.8 Å². The van der Waals surface area contributed by atoms with Crippen molar-refractivity contribution < 1.29 is 9.47 Å². The Labute approximate surface area is 175 Å². The molecule has 4 atom stereocenters. The normalized spacial score (nSPS) is 29.8. The lowest BCUT2D eigenvalue weighted by Crippen LogP contribution is -2.48. The first-order valence-electron chi connectivity index (χ1n) is 10.9. The number of hydrogen-bond donors (Lipinski definition) is 0. The van der Waals surface area contributed by atoms with E-state index >= 15 is 0 Å². The summed E-state index contributed by atoms with van der Waals surface area (Å²) in [6.07, 6.45) is 4.16. The highest BCUT2D eigenvalue weighted by Gasteiger charge is 2.40. The number of fused-ring (bicyclic) bond motifs is 6. The van der Waals surface area contributed by atoms with Gasteiger partial charge in [0.25, 0.3) is 5.56 Å². The summed E-state index contributed by atoms with van der Waals surface area (Å²) in [4.78, 5) is 26.6. The molecule has 3 saturated heterocycles. The molecular weight excluding hydrogens is 382 g/mol. The molecule has 0 aromatic carbocycles. The molecule has 6 rings (SSSR count). The minimum absolute atomic E-state index is 0.197. The Hall–Kier alpha value is -2.45. The summed E-state index contributed by atoms with van der Waals surface area (Å²) in [5.74, 6) is 2.27. The van der Waals surface area contributed by atoms with Gasteiger partial charge in [0, 0.05) is 62.0 Å². The van der Waals surface area contributed by atoms with Gasteiger partial charge < -0.3 is 18.9 Å². The van der Waals surface area contributed by atoms with Crippen molar-refractivity contribution in [1.29, 1.82) is 0 Å². The minimum Gasteiger partial charge on any atom is -0.481 e. The summed E-state index contributed by atoms with van der Waals surface area (Å²) in [6, 6.07) is 6.62. The molecule has 2 aromatic rings. The number of likely N-dealkylation sites (tertiary alicyclic amines) is 1. The highest BCUT2D eigenvalue weighted by molar-refractivity contribution is 5.43. The Morgan fingerprint density at radius 2 is 2.10 bits per heavy atom. The molecule has 4 bridgehead atoms. The predicted molar refractivity (Wildman–Crippen MR) is 111 cm³/mol. The number of anilines is 1. The van der Waals surface area contributed by atoms with E-state index in [0.29, 0.717) is 29.9 Å². The second-order valence-corrected chi connectivity index (χ2v) is 9.10. The lowest BCUT2D eigenvalue weighted by molar-refractivity contribution is 0.0271. The van der Waals surface area contributed by atoms with E-state index in [2.05, 4.69) is 36.5 Å². The fourth-order valence-electron chi connectivity index (χ4n) is 5.80. The largest absolute Gasteiger partial charge is 0.481 e. The quantitative estimate of drug-likeness (QED) is 0.752. The van der Waals surface area contributed by atoms with Crippen LogP contribution in [0.5, 0.6) is 5.88 Å². The van der Waals surface area contributed by atoms with E-state index in [1.807, 2.05) is 6.07 Å². The van der Waals surface area contributed by atoms with Crippen LogP contribution in [0.3, 0.4) is 0 Å². The van der Waals surface area contributed by atoms with Gasteiger partial charge in [0.2, 0.25) is 5.88 Å². The van der Waals surface area contributed by atoms with E-state index in [1.165, 1.54) is 0 Å². The SMILES string of the molecule is COc1cc(N2C[C@@H]3C[C@H](C2)c2ccc(CN4C[C@H]5C[C@@H]4CO5)c(=O)n2C3)ncn1. The van der Waals surface area contributed by atoms with Crippen molar-refractivity contribution >= 4 is 5.82 Å². The number of aromatic nitrogens is 3. The van der Waals surface area contributed by atoms with Gasteiger partial charge in [0.1, 0.15) is 12.1 Å². The molecule has 0 unspecified atom stereocenters. The van der Waals surface area contributed by atoms with E-state index in [-0.39, 0.29) is 5.56 Å². The Balaban J connectivity index is 1.25. The Morgan fingerprint density at radius 1 is 1.17 bits per heavy atom. The Bertz CT molecular complexity index is 1020. The fraction of sp³-hybridized carbons (Fsp3) is 0.591. The smallest absolute Gasteiger partial charge is 0.255 e. The van der Waals surface area contributed by atoms with Crippen LogP contribution in [0.25, 0.3) is 0 Å². The van der Waals surface area contributed by atoms with Gasteiger partial charge in [-0.15, -0.1) is 0 Å². The van der Waals surface area contributed by atoms with Gasteiger partial charge in [-0.2, -0.15) is 0 Å². The first-order chi connectivity index (χ1) is 14.7. The van der Waals surface area contributed by atoms with Crippen LogP contribution in [0, 0.1) is 5.92 Å². The molecule has 4 aliphatic heterocycles. The van der Waals surface area contributed by atoms with Crippen molar-refractivity contribution in [2.45, 2.75) is 44.0 Å². The van der Waals surface area contributed by atoms with Gasteiger partial charge in [-0.3, -0.25) is 9.69 Å². The number of methoxy groups -OCH3 is 1. The molecule has 3 fully saturated rings. The van der Waals surface area contributed by atoms with Crippen LogP contribution in [0.15, 0.2) is 29.3 Å². The minimum atomic E-state index is 0.197. The van der Waals surface area contributed by atoms with Crippen LogP contribution in [0.1, 0.15) is 30.0 Å². The summed E-state index contributed by atoms with van der Waals surface area (Å²) in [5.41, 5.74) is 2.28. The van der Waals surface area contributed by atoms with Crippen molar-refractivity contribution in [2.75, 3.05) is 38.3 Å². The predicted octanol–water partition coefficient (Wildman–Crippen LogP) is 1.24. The zero-order valence-corrected chi connectivity index (χ0v) is 17.2. The van der Waals surface area contributed by atoms with Gasteiger partial charge in [-0.25, -0.2) is 9.97 Å². The van der Waals surface area contributed by atoms with E-state index in [1.54, 1.807) is 13.4 Å². The third-order valence-electron chi connectivity index (χ3n) is 7.23. The summed E-state index contributed by atoms with van der Waals surface area (Å²) in [5, 5.41) is 0. The molecule has 0 aliphatic carbocycles. The molecule has 158 valence electrons. The maximum absolute atomic E-state index is 13.3. The molecule has 8 nitrogen and oxygen atoms in total. The van der Waals surface area contributed by atoms with Crippen LogP contribution in [0.2, 0.25) is 0 Å². The van der Waals surface area contributed by atoms with E-state index in [4.69, 9.17) is 9.47 Å². The zero-order chi connectivity index (χ0) is 20.2.